The molecule has 0 aliphatic rings. The van der Waals surface area contributed by atoms with Gasteiger partial charge in [-0.3, -0.25) is 4.79 Å². The molecule has 1 atom stereocenters. The molecule has 0 fully saturated rings. The van der Waals surface area contributed by atoms with Gasteiger partial charge in [-0.25, -0.2) is 0 Å². The summed E-state index contributed by atoms with van der Waals surface area (Å²) in [5, 5.41) is 0. The summed E-state index contributed by atoms with van der Waals surface area (Å²) in [6, 6.07) is 0. The Morgan fingerprint density at radius 3 is 2.42 bits per heavy atom. The van der Waals surface area contributed by atoms with Crippen LogP contribution in [-0.2, 0) is 13.9 Å². The normalized spacial score (nSPS) is 14.6. The molecule has 0 bridgehead atoms. The zero-order valence-corrected chi connectivity index (χ0v) is 8.60. The summed E-state index contributed by atoms with van der Waals surface area (Å²) < 4.78 is 15.0. The van der Waals surface area contributed by atoms with Gasteiger partial charge < -0.3 is 14.0 Å². The molecule has 0 aromatic heterocycles. The second kappa shape index (κ2) is 6.88. The van der Waals surface area contributed by atoms with Crippen LogP contribution in [0.25, 0.3) is 0 Å². The van der Waals surface area contributed by atoms with Gasteiger partial charge in [0.25, 0.3) is 0 Å². The molecule has 0 aliphatic heterocycles. The number of hydrogen-bond donors (Lipinski definition) is 0. The third-order valence-corrected chi connectivity index (χ3v) is 2.44. The van der Waals surface area contributed by atoms with E-state index in [2.05, 4.69) is 4.52 Å². The molecule has 0 N–H and O–H groups in total. The van der Waals surface area contributed by atoms with Crippen molar-refractivity contribution in [1.82, 2.24) is 0 Å². The van der Waals surface area contributed by atoms with Crippen LogP contribution in [0.3, 0.4) is 0 Å². The standard InChI is InChI=1S/C6H13O4P.Li/c1-3-4-5-10-11(8,9)6(2)7;/h3-5H2,1-2H3,(H,8,9);/q;+1/p-1. The van der Waals surface area contributed by atoms with Crippen molar-refractivity contribution in [1.29, 1.82) is 0 Å². The minimum absolute atomic E-state index is 0. The molecule has 0 rings (SSSR count). The van der Waals surface area contributed by atoms with Crippen molar-refractivity contribution in [3.63, 3.8) is 0 Å². The van der Waals surface area contributed by atoms with Gasteiger partial charge in [-0.15, -0.1) is 0 Å². The van der Waals surface area contributed by atoms with E-state index in [1.807, 2.05) is 6.92 Å². The minimum Gasteiger partial charge on any atom is -0.773 e. The molecule has 0 aromatic rings. The van der Waals surface area contributed by atoms with Crippen molar-refractivity contribution < 1.29 is 37.6 Å². The van der Waals surface area contributed by atoms with E-state index in [0.717, 1.165) is 13.3 Å². The third-order valence-electron chi connectivity index (χ3n) is 1.14. The number of carbonyl (C=O) groups excluding carboxylic acids is 1. The Hall–Kier alpha value is 0.417. The maximum atomic E-state index is 10.7. The van der Waals surface area contributed by atoms with Gasteiger partial charge >= 0.3 is 18.9 Å². The van der Waals surface area contributed by atoms with Gasteiger partial charge in [-0.05, 0) is 6.42 Å². The van der Waals surface area contributed by atoms with Crippen molar-refractivity contribution in [2.45, 2.75) is 26.7 Å². The Morgan fingerprint density at radius 2 is 2.08 bits per heavy atom. The third kappa shape index (κ3) is 5.99. The van der Waals surface area contributed by atoms with Gasteiger partial charge in [-0.2, -0.15) is 0 Å². The molecule has 0 heterocycles. The van der Waals surface area contributed by atoms with Crippen molar-refractivity contribution in [3.05, 3.63) is 0 Å². The van der Waals surface area contributed by atoms with Crippen LogP contribution in [-0.4, -0.2) is 12.1 Å². The van der Waals surface area contributed by atoms with Crippen molar-refractivity contribution >= 4 is 13.1 Å². The van der Waals surface area contributed by atoms with Crippen LogP contribution in [0.15, 0.2) is 0 Å². The molecule has 12 heavy (non-hydrogen) atoms. The van der Waals surface area contributed by atoms with Gasteiger partial charge in [-0.1, -0.05) is 13.3 Å². The molecule has 1 unspecified atom stereocenters. The van der Waals surface area contributed by atoms with E-state index in [0.29, 0.717) is 6.42 Å². The maximum Gasteiger partial charge on any atom is 1.00 e. The summed E-state index contributed by atoms with van der Waals surface area (Å²) in [5.74, 6) is 0. The SMILES string of the molecule is CCCCOP(=O)([O-])C(C)=O.[Li+]. The van der Waals surface area contributed by atoms with Gasteiger partial charge in [0.1, 0.15) is 0 Å². The molecule has 0 spiro atoms. The zero-order valence-electron chi connectivity index (χ0n) is 7.70. The summed E-state index contributed by atoms with van der Waals surface area (Å²) in [5.41, 5.74) is -0.909. The summed E-state index contributed by atoms with van der Waals surface area (Å²) >= 11 is 0. The Morgan fingerprint density at radius 1 is 1.58 bits per heavy atom. The van der Waals surface area contributed by atoms with Gasteiger partial charge in [0, 0.05) is 6.92 Å². The first-order valence-electron chi connectivity index (χ1n) is 3.47. The van der Waals surface area contributed by atoms with Crippen LogP contribution in [0.2, 0.25) is 0 Å². The summed E-state index contributed by atoms with van der Waals surface area (Å²) in [7, 11) is -4.18. The average Bonchev–Trinajstić information content (AvgIpc) is 1.88. The molecule has 0 saturated carbocycles. The quantitative estimate of drug-likeness (QED) is 0.280. The van der Waals surface area contributed by atoms with E-state index in [4.69, 9.17) is 0 Å². The van der Waals surface area contributed by atoms with Crippen molar-refractivity contribution in [2.75, 3.05) is 6.61 Å². The maximum absolute atomic E-state index is 10.7. The summed E-state index contributed by atoms with van der Waals surface area (Å²) in [4.78, 5) is 21.0. The molecule has 0 aromatic carbocycles. The number of rotatable bonds is 5. The molecular formula is C6H12LiO4P. The fourth-order valence-electron chi connectivity index (χ4n) is 0.420. The van der Waals surface area contributed by atoms with Crippen LogP contribution in [0.5, 0.6) is 0 Å². The Labute approximate surface area is 84.4 Å². The molecule has 6 heteroatoms. The van der Waals surface area contributed by atoms with E-state index in [1.54, 1.807) is 0 Å². The van der Waals surface area contributed by atoms with E-state index < -0.39 is 13.1 Å². The van der Waals surface area contributed by atoms with E-state index in [-0.39, 0.29) is 25.5 Å². The number of carbonyl (C=O) groups is 1. The van der Waals surface area contributed by atoms with Crippen LogP contribution in [0, 0.1) is 0 Å². The monoisotopic (exact) mass is 186 g/mol. The first-order valence-corrected chi connectivity index (χ1v) is 5.01. The first kappa shape index (κ1) is 14.9. The number of hydrogen-bond acceptors (Lipinski definition) is 4. The topological polar surface area (TPSA) is 66.4 Å². The zero-order chi connectivity index (χ0) is 8.91. The molecule has 4 nitrogen and oxygen atoms in total. The van der Waals surface area contributed by atoms with Crippen LogP contribution < -0.4 is 23.8 Å². The van der Waals surface area contributed by atoms with Crippen molar-refractivity contribution in [3.8, 4) is 0 Å². The average molecular weight is 186 g/mol. The van der Waals surface area contributed by atoms with Crippen LogP contribution >= 0.6 is 7.60 Å². The molecule has 0 saturated heterocycles. The Kier molecular flexibility index (Phi) is 8.55. The summed E-state index contributed by atoms with van der Waals surface area (Å²) in [6.45, 7) is 3.00. The van der Waals surface area contributed by atoms with Crippen molar-refractivity contribution in [2.24, 2.45) is 0 Å². The fraction of sp³-hybridized carbons (Fsp3) is 0.833. The molecule has 66 valence electrons. The Balaban J connectivity index is 0. The van der Waals surface area contributed by atoms with Gasteiger partial charge in [0.05, 0.1) is 6.61 Å². The number of unbranched alkanes of at least 4 members (excludes halogenated alkanes) is 1. The first-order chi connectivity index (χ1) is 5.00. The van der Waals surface area contributed by atoms with E-state index in [1.165, 1.54) is 0 Å². The fourth-order valence-corrected chi connectivity index (χ4v) is 0.971. The molecule has 0 amide bonds. The molecular weight excluding hydrogens is 174 g/mol. The second-order valence-electron chi connectivity index (χ2n) is 2.20. The smallest absolute Gasteiger partial charge is 0.773 e. The summed E-state index contributed by atoms with van der Waals surface area (Å²) in [6.07, 6.45) is 1.50. The Bertz CT molecular complexity index is 182. The van der Waals surface area contributed by atoms with Gasteiger partial charge in [0.2, 0.25) is 5.52 Å². The minimum atomic E-state index is -4.18. The second-order valence-corrected chi connectivity index (χ2v) is 4.09. The molecule has 0 aliphatic carbocycles. The van der Waals surface area contributed by atoms with E-state index in [9.17, 15) is 14.3 Å². The largest absolute Gasteiger partial charge is 1.00 e. The van der Waals surface area contributed by atoms with E-state index >= 15 is 0 Å². The van der Waals surface area contributed by atoms with Crippen LogP contribution in [0.1, 0.15) is 26.7 Å². The molecule has 0 radical (unpaired) electrons. The van der Waals surface area contributed by atoms with Gasteiger partial charge in [0.15, 0.2) is 7.60 Å². The predicted octanol–water partition coefficient (Wildman–Crippen LogP) is -2.09. The van der Waals surface area contributed by atoms with Crippen LogP contribution in [0.4, 0.5) is 0 Å². The predicted molar refractivity (Wildman–Crippen MR) is 39.1 cm³/mol.